The highest BCUT2D eigenvalue weighted by Crippen LogP contribution is 2.20. The second-order valence-corrected chi connectivity index (χ2v) is 5.34. The summed E-state index contributed by atoms with van der Waals surface area (Å²) in [5.41, 5.74) is 6.94. The number of rotatable bonds is 3. The number of carbonyl (C=O) groups is 1. The van der Waals surface area contributed by atoms with Gasteiger partial charge in [-0.3, -0.25) is 14.9 Å². The number of nitrogens with one attached hydrogen (secondary N) is 1. The van der Waals surface area contributed by atoms with Gasteiger partial charge in [0.25, 0.3) is 11.6 Å². The minimum Gasteiger partial charge on any atom is -0.349 e. The van der Waals surface area contributed by atoms with Crippen molar-refractivity contribution < 1.29 is 9.72 Å². The van der Waals surface area contributed by atoms with Gasteiger partial charge in [0.15, 0.2) is 0 Å². The Morgan fingerprint density at radius 1 is 1.35 bits per heavy atom. The fraction of sp³-hybridized carbons (Fsp3) is 0.500. The highest BCUT2D eigenvalue weighted by molar-refractivity contribution is 5.96. The van der Waals surface area contributed by atoms with E-state index in [1.54, 1.807) is 6.92 Å². The lowest BCUT2D eigenvalue weighted by atomic mass is 9.91. The number of nitro benzene ring substituents is 1. The first-order valence-electron chi connectivity index (χ1n) is 6.79. The van der Waals surface area contributed by atoms with E-state index >= 15 is 0 Å². The van der Waals surface area contributed by atoms with Crippen LogP contribution in [0, 0.1) is 17.0 Å². The van der Waals surface area contributed by atoms with Crippen molar-refractivity contribution in [3.05, 3.63) is 39.4 Å². The van der Waals surface area contributed by atoms with E-state index in [0.29, 0.717) is 11.1 Å². The highest BCUT2D eigenvalue weighted by Gasteiger charge is 2.21. The van der Waals surface area contributed by atoms with Gasteiger partial charge in [0.1, 0.15) is 0 Å². The van der Waals surface area contributed by atoms with E-state index in [0.717, 1.165) is 25.7 Å². The Hall–Kier alpha value is -1.95. The molecule has 0 atom stereocenters. The summed E-state index contributed by atoms with van der Waals surface area (Å²) < 4.78 is 0. The van der Waals surface area contributed by atoms with E-state index < -0.39 is 4.92 Å². The van der Waals surface area contributed by atoms with Crippen LogP contribution in [0.3, 0.4) is 0 Å². The van der Waals surface area contributed by atoms with Gasteiger partial charge in [-0.2, -0.15) is 0 Å². The molecule has 0 saturated heterocycles. The van der Waals surface area contributed by atoms with Gasteiger partial charge in [-0.15, -0.1) is 0 Å². The van der Waals surface area contributed by atoms with Crippen molar-refractivity contribution in [2.45, 2.75) is 44.7 Å². The van der Waals surface area contributed by atoms with Crippen LogP contribution in [0.5, 0.6) is 0 Å². The first kappa shape index (κ1) is 14.5. The molecule has 1 aliphatic rings. The van der Waals surface area contributed by atoms with Crippen molar-refractivity contribution in [3.63, 3.8) is 0 Å². The van der Waals surface area contributed by atoms with Crippen LogP contribution < -0.4 is 11.1 Å². The molecule has 0 unspecified atom stereocenters. The molecule has 108 valence electrons. The Morgan fingerprint density at radius 3 is 2.55 bits per heavy atom. The Labute approximate surface area is 117 Å². The number of hydrogen-bond acceptors (Lipinski definition) is 4. The summed E-state index contributed by atoms with van der Waals surface area (Å²) >= 11 is 0. The largest absolute Gasteiger partial charge is 0.349 e. The second kappa shape index (κ2) is 6.00. The predicted octanol–water partition coefficient (Wildman–Crippen LogP) is 1.90. The maximum Gasteiger partial charge on any atom is 0.269 e. The molecule has 1 aromatic rings. The maximum atomic E-state index is 12.2. The predicted molar refractivity (Wildman–Crippen MR) is 75.5 cm³/mol. The summed E-state index contributed by atoms with van der Waals surface area (Å²) in [4.78, 5) is 22.4. The SMILES string of the molecule is Cc1cc([N+](=O)[O-])ccc1C(=O)NC1CCC(N)CC1. The third-order valence-electron chi connectivity index (χ3n) is 3.77. The van der Waals surface area contributed by atoms with Crippen molar-refractivity contribution in [1.29, 1.82) is 0 Å². The summed E-state index contributed by atoms with van der Waals surface area (Å²) in [6.07, 6.45) is 3.62. The van der Waals surface area contributed by atoms with Crippen molar-refractivity contribution >= 4 is 11.6 Å². The van der Waals surface area contributed by atoms with Crippen molar-refractivity contribution in [2.75, 3.05) is 0 Å². The van der Waals surface area contributed by atoms with Crippen molar-refractivity contribution in [2.24, 2.45) is 5.73 Å². The summed E-state index contributed by atoms with van der Waals surface area (Å²) in [7, 11) is 0. The van der Waals surface area contributed by atoms with E-state index in [1.807, 2.05) is 0 Å². The molecule has 20 heavy (non-hydrogen) atoms. The highest BCUT2D eigenvalue weighted by atomic mass is 16.6. The summed E-state index contributed by atoms with van der Waals surface area (Å²) in [6.45, 7) is 1.71. The third kappa shape index (κ3) is 3.33. The topological polar surface area (TPSA) is 98.3 Å². The van der Waals surface area contributed by atoms with Crippen LogP contribution in [0.15, 0.2) is 18.2 Å². The number of carbonyl (C=O) groups excluding carboxylic acids is 1. The van der Waals surface area contributed by atoms with Gasteiger partial charge in [-0.25, -0.2) is 0 Å². The Morgan fingerprint density at radius 2 is 2.00 bits per heavy atom. The van der Waals surface area contributed by atoms with E-state index in [1.165, 1.54) is 18.2 Å². The first-order chi connectivity index (χ1) is 9.47. The fourth-order valence-electron chi connectivity index (χ4n) is 2.54. The van der Waals surface area contributed by atoms with E-state index in [9.17, 15) is 14.9 Å². The van der Waals surface area contributed by atoms with Gasteiger partial charge >= 0.3 is 0 Å². The number of hydrogen-bond donors (Lipinski definition) is 2. The molecule has 0 radical (unpaired) electrons. The smallest absolute Gasteiger partial charge is 0.269 e. The number of non-ortho nitro benzene ring substituents is 1. The van der Waals surface area contributed by atoms with Crippen LogP contribution in [-0.2, 0) is 0 Å². The Kier molecular flexibility index (Phi) is 4.34. The molecule has 0 bridgehead atoms. The van der Waals surface area contributed by atoms with E-state index in [4.69, 9.17) is 5.73 Å². The van der Waals surface area contributed by atoms with Crippen LogP contribution in [0.25, 0.3) is 0 Å². The Balaban J connectivity index is 2.04. The number of nitrogens with two attached hydrogens (primary N) is 1. The molecule has 1 saturated carbocycles. The molecule has 1 aliphatic carbocycles. The normalized spacial score (nSPS) is 22.3. The number of nitrogens with zero attached hydrogens (tertiary/aromatic N) is 1. The quantitative estimate of drug-likeness (QED) is 0.651. The second-order valence-electron chi connectivity index (χ2n) is 5.34. The lowest BCUT2D eigenvalue weighted by molar-refractivity contribution is -0.384. The average Bonchev–Trinajstić information content (AvgIpc) is 2.41. The number of nitro groups is 1. The maximum absolute atomic E-state index is 12.2. The lowest BCUT2D eigenvalue weighted by Gasteiger charge is -2.27. The van der Waals surface area contributed by atoms with E-state index in [2.05, 4.69) is 5.32 Å². The molecule has 0 spiro atoms. The third-order valence-corrected chi connectivity index (χ3v) is 3.77. The molecule has 2 rings (SSSR count). The molecule has 1 amide bonds. The molecule has 3 N–H and O–H groups in total. The average molecular weight is 277 g/mol. The van der Waals surface area contributed by atoms with Crippen LogP contribution in [0.4, 0.5) is 5.69 Å². The Bertz CT molecular complexity index is 522. The zero-order chi connectivity index (χ0) is 14.7. The standard InChI is InChI=1S/C14H19N3O3/c1-9-8-12(17(19)20)6-7-13(9)14(18)16-11-4-2-10(15)3-5-11/h6-8,10-11H,2-5,15H2,1H3,(H,16,18). The first-order valence-corrected chi connectivity index (χ1v) is 6.79. The summed E-state index contributed by atoms with van der Waals surface area (Å²) in [5.74, 6) is -0.169. The lowest BCUT2D eigenvalue weighted by Crippen LogP contribution is -2.40. The molecular weight excluding hydrogens is 258 g/mol. The zero-order valence-electron chi connectivity index (χ0n) is 11.5. The molecule has 0 heterocycles. The molecule has 1 aromatic carbocycles. The van der Waals surface area contributed by atoms with Crippen molar-refractivity contribution in [1.82, 2.24) is 5.32 Å². The van der Waals surface area contributed by atoms with Crippen LogP contribution in [0.2, 0.25) is 0 Å². The molecule has 6 heteroatoms. The van der Waals surface area contributed by atoms with Crippen LogP contribution in [0.1, 0.15) is 41.6 Å². The number of aryl methyl sites for hydroxylation is 1. The van der Waals surface area contributed by atoms with E-state index in [-0.39, 0.29) is 23.7 Å². The van der Waals surface area contributed by atoms with Gasteiger partial charge in [-0.05, 0) is 44.2 Å². The monoisotopic (exact) mass is 277 g/mol. The number of amides is 1. The van der Waals surface area contributed by atoms with Gasteiger partial charge in [0.05, 0.1) is 4.92 Å². The molecular formula is C14H19N3O3. The van der Waals surface area contributed by atoms with Gasteiger partial charge in [-0.1, -0.05) is 0 Å². The van der Waals surface area contributed by atoms with Crippen LogP contribution in [-0.4, -0.2) is 22.9 Å². The van der Waals surface area contributed by atoms with Gasteiger partial charge in [0.2, 0.25) is 0 Å². The fourth-order valence-corrected chi connectivity index (χ4v) is 2.54. The zero-order valence-corrected chi connectivity index (χ0v) is 11.5. The van der Waals surface area contributed by atoms with Gasteiger partial charge < -0.3 is 11.1 Å². The number of benzene rings is 1. The summed E-state index contributed by atoms with van der Waals surface area (Å²) in [5, 5.41) is 13.7. The van der Waals surface area contributed by atoms with Gasteiger partial charge in [0, 0.05) is 29.8 Å². The molecule has 0 aromatic heterocycles. The van der Waals surface area contributed by atoms with Crippen LogP contribution >= 0.6 is 0 Å². The minimum atomic E-state index is -0.461. The summed E-state index contributed by atoms with van der Waals surface area (Å²) in [6, 6.07) is 4.68. The minimum absolute atomic E-state index is 0.00249. The molecule has 1 fully saturated rings. The van der Waals surface area contributed by atoms with Crippen molar-refractivity contribution in [3.8, 4) is 0 Å². The molecule has 0 aliphatic heterocycles. The molecule has 6 nitrogen and oxygen atoms in total.